The highest BCUT2D eigenvalue weighted by molar-refractivity contribution is 6.02. The fourth-order valence-corrected chi connectivity index (χ4v) is 6.29. The molecule has 0 amide bonds. The zero-order valence-corrected chi connectivity index (χ0v) is 20.2. The van der Waals surface area contributed by atoms with Crippen molar-refractivity contribution in [2.24, 2.45) is 18.9 Å². The topological polar surface area (TPSA) is 84.5 Å². The van der Waals surface area contributed by atoms with Crippen molar-refractivity contribution in [1.29, 1.82) is 5.26 Å². The first kappa shape index (κ1) is 22.1. The minimum atomic E-state index is -0.629. The lowest BCUT2D eigenvalue weighted by Gasteiger charge is -2.47. The Hall–Kier alpha value is -4.37. The summed E-state index contributed by atoms with van der Waals surface area (Å²) in [5.41, 5.74) is 7.01. The van der Waals surface area contributed by atoms with Crippen molar-refractivity contribution in [1.82, 2.24) is 20.0 Å². The number of benzene rings is 2. The van der Waals surface area contributed by atoms with Crippen LogP contribution in [0.4, 0.5) is 0 Å². The maximum Gasteiger partial charge on any atom is 0.176 e. The van der Waals surface area contributed by atoms with Crippen molar-refractivity contribution in [3.8, 4) is 28.5 Å². The van der Waals surface area contributed by atoms with E-state index in [1.165, 1.54) is 5.56 Å². The summed E-state index contributed by atoms with van der Waals surface area (Å²) in [5, 5.41) is 22.9. The van der Waals surface area contributed by atoms with Crippen LogP contribution in [0.1, 0.15) is 30.2 Å². The predicted molar refractivity (Wildman–Crippen MR) is 137 cm³/mol. The summed E-state index contributed by atoms with van der Waals surface area (Å²) in [6.07, 6.45) is 7.04. The summed E-state index contributed by atoms with van der Waals surface area (Å²) in [6.45, 7) is 1.97. The monoisotopic (exact) mass is 471 g/mol. The first-order chi connectivity index (χ1) is 17.5. The molecule has 2 aromatic heterocycles. The van der Waals surface area contributed by atoms with Crippen LogP contribution >= 0.6 is 0 Å². The lowest BCUT2D eigenvalue weighted by molar-refractivity contribution is -0.121. The summed E-state index contributed by atoms with van der Waals surface area (Å²) in [4.78, 5) is 13.0. The average Bonchev–Trinajstić information content (AvgIpc) is 3.28. The smallest absolute Gasteiger partial charge is 0.176 e. The Kier molecular flexibility index (Phi) is 5.15. The number of nitrogens with zero attached hydrogens (tertiary/aromatic N) is 5. The molecule has 6 rings (SSSR count). The van der Waals surface area contributed by atoms with Crippen LogP contribution in [0.3, 0.4) is 0 Å². The molecule has 0 spiro atoms. The van der Waals surface area contributed by atoms with E-state index in [4.69, 9.17) is 5.10 Å². The van der Waals surface area contributed by atoms with Gasteiger partial charge in [-0.05, 0) is 48.1 Å². The molecule has 2 aliphatic carbocycles. The Labute approximate surface area is 209 Å². The van der Waals surface area contributed by atoms with Gasteiger partial charge in [-0.1, -0.05) is 55.5 Å². The lowest BCUT2D eigenvalue weighted by atomic mass is 9.54. The van der Waals surface area contributed by atoms with Gasteiger partial charge in [-0.25, -0.2) is 0 Å². The summed E-state index contributed by atoms with van der Waals surface area (Å²) >= 11 is 0. The zero-order chi connectivity index (χ0) is 24.9. The second kappa shape index (κ2) is 8.39. The molecule has 176 valence electrons. The fraction of sp³-hybridized carbons (Fsp3) is 0.233. The van der Waals surface area contributed by atoms with Crippen LogP contribution in [-0.4, -0.2) is 25.8 Å². The number of rotatable bonds is 3. The number of allylic oxidation sites excluding steroid dienone is 2. The average molecular weight is 472 g/mol. The predicted octanol–water partition coefficient (Wildman–Crippen LogP) is 5.06. The van der Waals surface area contributed by atoms with Crippen LogP contribution in [0.5, 0.6) is 0 Å². The second-order valence-electron chi connectivity index (χ2n) is 9.71. The largest absolute Gasteiger partial charge is 0.293 e. The van der Waals surface area contributed by atoms with Gasteiger partial charge in [0.05, 0.1) is 34.8 Å². The third kappa shape index (κ3) is 3.16. The number of hydrogen-bond donors (Lipinski definition) is 0. The summed E-state index contributed by atoms with van der Waals surface area (Å²) in [5.74, 6) is -0.285. The number of nitriles is 1. The van der Waals surface area contributed by atoms with E-state index in [9.17, 15) is 10.1 Å². The molecule has 2 aliphatic rings. The standard InChI is InChI=1S/C30H25N5O/c1-19-26-12-11-25-27(21-8-6-7-20(15-21)22-13-14-32-33-18-22)35(2)34-29(25)30(26,16-23(17-31)28(19)36)24-9-4-3-5-10-24/h3-10,13-16,18-19,26H,11-12H2,1-2H3/t19?,26?,30-/m1/s1. The van der Waals surface area contributed by atoms with E-state index in [2.05, 4.69) is 52.7 Å². The van der Waals surface area contributed by atoms with Crippen LogP contribution in [0.15, 0.2) is 84.7 Å². The summed E-state index contributed by atoms with van der Waals surface area (Å²) < 4.78 is 1.96. The number of aromatic nitrogens is 4. The summed E-state index contributed by atoms with van der Waals surface area (Å²) in [6, 6.07) is 22.8. The molecule has 0 saturated heterocycles. The first-order valence-corrected chi connectivity index (χ1v) is 12.2. The van der Waals surface area contributed by atoms with Crippen molar-refractivity contribution >= 4 is 5.78 Å². The number of fused-ring (bicyclic) bond motifs is 3. The molecule has 0 bridgehead atoms. The number of Topliss-reactive ketones (excluding diaryl/α,β-unsaturated/α-hetero) is 1. The number of carbonyl (C=O) groups is 1. The van der Waals surface area contributed by atoms with Crippen molar-refractivity contribution < 1.29 is 4.79 Å². The number of carbonyl (C=O) groups excluding carboxylic acids is 1. The van der Waals surface area contributed by atoms with Gasteiger partial charge in [0.25, 0.3) is 0 Å². The maximum absolute atomic E-state index is 13.0. The summed E-state index contributed by atoms with van der Waals surface area (Å²) in [7, 11) is 1.98. The third-order valence-corrected chi connectivity index (χ3v) is 7.91. The molecular formula is C30H25N5O. The van der Waals surface area contributed by atoms with Gasteiger partial charge in [0.2, 0.25) is 0 Å². The molecule has 0 N–H and O–H groups in total. The van der Waals surface area contributed by atoms with Crippen LogP contribution in [-0.2, 0) is 23.7 Å². The molecule has 4 aromatic rings. The Morgan fingerprint density at radius 2 is 1.83 bits per heavy atom. The molecule has 3 atom stereocenters. The quantitative estimate of drug-likeness (QED) is 0.417. The van der Waals surface area contributed by atoms with Crippen LogP contribution in [0.2, 0.25) is 0 Å². The molecule has 2 aromatic carbocycles. The van der Waals surface area contributed by atoms with Crippen LogP contribution < -0.4 is 0 Å². The maximum atomic E-state index is 13.0. The van der Waals surface area contributed by atoms with E-state index < -0.39 is 5.41 Å². The molecular weight excluding hydrogens is 446 g/mol. The van der Waals surface area contributed by atoms with Crippen molar-refractivity contribution in [2.75, 3.05) is 0 Å². The van der Waals surface area contributed by atoms with Crippen molar-refractivity contribution in [2.45, 2.75) is 25.2 Å². The third-order valence-electron chi connectivity index (χ3n) is 7.91. The SMILES string of the molecule is CC1C(=O)C(C#N)=C[C@]2(c3ccccc3)c3nn(C)c(-c4cccc(-c5ccnnc5)c4)c3CCC12. The highest BCUT2D eigenvalue weighted by Crippen LogP contribution is 2.54. The fourth-order valence-electron chi connectivity index (χ4n) is 6.29. The van der Waals surface area contributed by atoms with Gasteiger partial charge in [-0.15, -0.1) is 0 Å². The van der Waals surface area contributed by atoms with E-state index in [1.54, 1.807) is 12.4 Å². The van der Waals surface area contributed by atoms with E-state index in [-0.39, 0.29) is 23.2 Å². The Morgan fingerprint density at radius 3 is 2.58 bits per heavy atom. The van der Waals surface area contributed by atoms with E-state index >= 15 is 0 Å². The molecule has 2 unspecified atom stereocenters. The van der Waals surface area contributed by atoms with Gasteiger partial charge in [0.15, 0.2) is 5.78 Å². The second-order valence-corrected chi connectivity index (χ2v) is 9.71. The highest BCUT2D eigenvalue weighted by atomic mass is 16.1. The molecule has 0 radical (unpaired) electrons. The molecule has 0 fully saturated rings. The van der Waals surface area contributed by atoms with Gasteiger partial charge < -0.3 is 0 Å². The Morgan fingerprint density at radius 1 is 1.03 bits per heavy atom. The van der Waals surface area contributed by atoms with Crippen LogP contribution in [0, 0.1) is 23.2 Å². The molecule has 2 heterocycles. The van der Waals surface area contributed by atoms with Gasteiger partial charge in [-0.3, -0.25) is 9.48 Å². The van der Waals surface area contributed by atoms with Crippen LogP contribution in [0.25, 0.3) is 22.4 Å². The zero-order valence-electron chi connectivity index (χ0n) is 20.2. The minimum Gasteiger partial charge on any atom is -0.293 e. The first-order valence-electron chi connectivity index (χ1n) is 12.2. The van der Waals surface area contributed by atoms with E-state index in [1.807, 2.05) is 49.0 Å². The van der Waals surface area contributed by atoms with Gasteiger partial charge in [0.1, 0.15) is 6.07 Å². The number of hydrogen-bond acceptors (Lipinski definition) is 5. The molecule has 6 nitrogen and oxygen atoms in total. The van der Waals surface area contributed by atoms with E-state index in [0.29, 0.717) is 0 Å². The van der Waals surface area contributed by atoms with Crippen molar-refractivity contribution in [3.63, 3.8) is 0 Å². The molecule has 0 aliphatic heterocycles. The minimum absolute atomic E-state index is 0.0361. The highest BCUT2D eigenvalue weighted by Gasteiger charge is 2.54. The Bertz CT molecular complexity index is 1550. The number of aryl methyl sites for hydroxylation is 1. The molecule has 36 heavy (non-hydrogen) atoms. The van der Waals surface area contributed by atoms with Crippen molar-refractivity contribution in [3.05, 3.63) is 102 Å². The molecule has 6 heteroatoms. The number of ketones is 1. The van der Waals surface area contributed by atoms with Gasteiger partial charge in [0, 0.05) is 29.7 Å². The molecule has 0 saturated carbocycles. The lowest BCUT2D eigenvalue weighted by Crippen LogP contribution is -2.48. The van der Waals surface area contributed by atoms with Gasteiger partial charge >= 0.3 is 0 Å². The normalized spacial score (nSPS) is 22.8. The van der Waals surface area contributed by atoms with Gasteiger partial charge in [-0.2, -0.15) is 20.6 Å². The Balaban J connectivity index is 1.60. The van der Waals surface area contributed by atoms with E-state index in [0.717, 1.165) is 46.5 Å².